The number of urea groups is 1. The van der Waals surface area contributed by atoms with Crippen molar-refractivity contribution in [2.24, 2.45) is 0 Å². The lowest BCUT2D eigenvalue weighted by Gasteiger charge is -2.25. The number of ether oxygens (including phenoxy) is 2. The number of methoxy groups -OCH3 is 1. The normalized spacial score (nSPS) is 18.5. The Morgan fingerprint density at radius 3 is 2.52 bits per heavy atom. The van der Waals surface area contributed by atoms with E-state index in [1.807, 2.05) is 6.07 Å². The van der Waals surface area contributed by atoms with E-state index >= 15 is 0 Å². The van der Waals surface area contributed by atoms with Crippen molar-refractivity contribution in [1.82, 2.24) is 10.2 Å². The number of nitrogens with one attached hydrogen (secondary N) is 1. The molecule has 1 fully saturated rings. The maximum Gasteiger partial charge on any atom is 0.326 e. The van der Waals surface area contributed by atoms with E-state index in [1.54, 1.807) is 37.3 Å². The number of hydrogen-bond donors (Lipinski definition) is 1. The number of benzene rings is 2. The van der Waals surface area contributed by atoms with Crippen LogP contribution in [0.25, 0.3) is 0 Å². The average Bonchev–Trinajstić information content (AvgIpc) is 2.98. The largest absolute Gasteiger partial charge is 0.494 e. The molecule has 7 nitrogen and oxygen atoms in total. The zero-order valence-corrected chi connectivity index (χ0v) is 16.1. The highest BCUT2D eigenvalue weighted by Gasteiger charge is 2.51. The lowest BCUT2D eigenvalue weighted by atomic mass is 9.87. The maximum atomic E-state index is 13.7. The molecule has 0 saturated carbocycles. The Morgan fingerprint density at radius 2 is 1.90 bits per heavy atom. The van der Waals surface area contributed by atoms with E-state index in [2.05, 4.69) is 5.32 Å². The Labute approximate surface area is 167 Å². The van der Waals surface area contributed by atoms with Gasteiger partial charge in [-0.1, -0.05) is 43.3 Å². The zero-order valence-electron chi connectivity index (χ0n) is 16.1. The van der Waals surface area contributed by atoms with Crippen molar-refractivity contribution in [2.75, 3.05) is 13.7 Å². The van der Waals surface area contributed by atoms with Gasteiger partial charge in [-0.05, 0) is 29.7 Å². The molecule has 1 aliphatic rings. The minimum absolute atomic E-state index is 0.0798. The van der Waals surface area contributed by atoms with Crippen molar-refractivity contribution in [3.8, 4) is 5.75 Å². The van der Waals surface area contributed by atoms with E-state index in [-0.39, 0.29) is 12.4 Å². The fourth-order valence-corrected chi connectivity index (χ4v) is 3.27. The summed E-state index contributed by atoms with van der Waals surface area (Å²) in [5.41, 5.74) is -0.149. The van der Waals surface area contributed by atoms with Gasteiger partial charge in [-0.2, -0.15) is 0 Å². The minimum Gasteiger partial charge on any atom is -0.494 e. The molecule has 1 atom stereocenters. The monoisotopic (exact) mass is 400 g/mol. The van der Waals surface area contributed by atoms with Crippen LogP contribution in [0.1, 0.15) is 24.5 Å². The molecule has 29 heavy (non-hydrogen) atoms. The summed E-state index contributed by atoms with van der Waals surface area (Å²) < 4.78 is 23.7. The molecule has 0 bridgehead atoms. The standard InChI is InChI=1S/C21H21FN2O5/c1-3-21(15-7-5-4-6-8-15)19(26)24(20(27)23-21)12-18(25)29-13-14-9-10-17(28-2)16(22)11-14/h4-11H,3,12-13H2,1-2H3,(H,23,27). The van der Waals surface area contributed by atoms with Crippen molar-refractivity contribution in [3.63, 3.8) is 0 Å². The summed E-state index contributed by atoms with van der Waals surface area (Å²) in [7, 11) is 1.35. The molecule has 1 saturated heterocycles. The van der Waals surface area contributed by atoms with Gasteiger partial charge in [0.05, 0.1) is 7.11 Å². The van der Waals surface area contributed by atoms with E-state index < -0.39 is 35.8 Å². The van der Waals surface area contributed by atoms with Crippen molar-refractivity contribution >= 4 is 17.9 Å². The van der Waals surface area contributed by atoms with Gasteiger partial charge in [-0.15, -0.1) is 0 Å². The van der Waals surface area contributed by atoms with Crippen molar-refractivity contribution in [2.45, 2.75) is 25.5 Å². The van der Waals surface area contributed by atoms with Gasteiger partial charge in [0.25, 0.3) is 5.91 Å². The number of imide groups is 1. The predicted octanol–water partition coefficient (Wildman–Crippen LogP) is 2.73. The number of rotatable bonds is 7. The molecule has 0 aromatic heterocycles. The highest BCUT2D eigenvalue weighted by molar-refractivity contribution is 6.09. The molecule has 1 aliphatic heterocycles. The van der Waals surface area contributed by atoms with Gasteiger partial charge in [0.2, 0.25) is 0 Å². The molecule has 2 aromatic carbocycles. The molecule has 152 valence electrons. The topological polar surface area (TPSA) is 84.9 Å². The van der Waals surface area contributed by atoms with Gasteiger partial charge >= 0.3 is 12.0 Å². The molecular formula is C21H21FN2O5. The molecule has 0 aliphatic carbocycles. The van der Waals surface area contributed by atoms with E-state index in [9.17, 15) is 18.8 Å². The highest BCUT2D eigenvalue weighted by Crippen LogP contribution is 2.32. The van der Waals surface area contributed by atoms with Crippen LogP contribution in [-0.4, -0.2) is 36.5 Å². The van der Waals surface area contributed by atoms with E-state index in [1.165, 1.54) is 19.2 Å². The summed E-state index contributed by atoms with van der Waals surface area (Å²) in [5, 5.41) is 2.70. The SMILES string of the molecule is CCC1(c2ccccc2)NC(=O)N(CC(=O)OCc2ccc(OC)c(F)c2)C1=O. The third-order valence-electron chi connectivity index (χ3n) is 4.88. The van der Waals surface area contributed by atoms with E-state index in [4.69, 9.17) is 9.47 Å². The second-order valence-electron chi connectivity index (χ2n) is 6.58. The summed E-state index contributed by atoms with van der Waals surface area (Å²) >= 11 is 0. The number of hydrogen-bond acceptors (Lipinski definition) is 5. The quantitative estimate of drug-likeness (QED) is 0.571. The van der Waals surface area contributed by atoms with Crippen molar-refractivity contribution < 1.29 is 28.2 Å². The van der Waals surface area contributed by atoms with Crippen LogP contribution in [0.3, 0.4) is 0 Å². The van der Waals surface area contributed by atoms with Gasteiger partial charge in [0.1, 0.15) is 18.7 Å². The molecule has 1 N–H and O–H groups in total. The van der Waals surface area contributed by atoms with Crippen LogP contribution in [0, 0.1) is 5.82 Å². The molecule has 3 rings (SSSR count). The highest BCUT2D eigenvalue weighted by atomic mass is 19.1. The van der Waals surface area contributed by atoms with Crippen LogP contribution in [0.5, 0.6) is 5.75 Å². The summed E-state index contributed by atoms with van der Waals surface area (Å²) in [4.78, 5) is 38.4. The summed E-state index contributed by atoms with van der Waals surface area (Å²) in [6, 6.07) is 12.4. The number of esters is 1. The number of carbonyl (C=O) groups excluding carboxylic acids is 3. The minimum atomic E-state index is -1.21. The van der Waals surface area contributed by atoms with Crippen molar-refractivity contribution in [3.05, 3.63) is 65.5 Å². The number of amides is 3. The van der Waals surface area contributed by atoms with Gasteiger partial charge < -0.3 is 14.8 Å². The maximum absolute atomic E-state index is 13.7. The third-order valence-corrected chi connectivity index (χ3v) is 4.88. The lowest BCUT2D eigenvalue weighted by molar-refractivity contribution is -0.149. The van der Waals surface area contributed by atoms with Crippen LogP contribution in [0.2, 0.25) is 0 Å². The Kier molecular flexibility index (Phi) is 5.81. The van der Waals surface area contributed by atoms with Gasteiger partial charge in [-0.25, -0.2) is 9.18 Å². The number of halogens is 1. The van der Waals surface area contributed by atoms with Crippen molar-refractivity contribution in [1.29, 1.82) is 0 Å². The van der Waals surface area contributed by atoms with Crippen LogP contribution >= 0.6 is 0 Å². The second-order valence-corrected chi connectivity index (χ2v) is 6.58. The first-order valence-corrected chi connectivity index (χ1v) is 9.09. The van der Waals surface area contributed by atoms with E-state index in [0.29, 0.717) is 17.5 Å². The summed E-state index contributed by atoms with van der Waals surface area (Å²) in [5.74, 6) is -1.78. The van der Waals surface area contributed by atoms with Crippen LogP contribution < -0.4 is 10.1 Å². The third kappa shape index (κ3) is 3.91. The molecular weight excluding hydrogens is 379 g/mol. The molecule has 1 unspecified atom stereocenters. The van der Waals surface area contributed by atoms with E-state index in [0.717, 1.165) is 4.90 Å². The Morgan fingerprint density at radius 1 is 1.17 bits per heavy atom. The van der Waals surface area contributed by atoms with Crippen LogP contribution in [0.15, 0.2) is 48.5 Å². The fourth-order valence-electron chi connectivity index (χ4n) is 3.27. The van der Waals surface area contributed by atoms with Gasteiger partial charge in [0.15, 0.2) is 11.6 Å². The fraction of sp³-hybridized carbons (Fsp3) is 0.286. The Bertz CT molecular complexity index is 934. The molecule has 8 heteroatoms. The van der Waals surface area contributed by atoms with Crippen LogP contribution in [0.4, 0.5) is 9.18 Å². The molecule has 3 amide bonds. The van der Waals surface area contributed by atoms with Crippen LogP contribution in [-0.2, 0) is 26.5 Å². The Hall–Kier alpha value is -3.42. The summed E-state index contributed by atoms with van der Waals surface area (Å²) in [6.07, 6.45) is 0.332. The first-order valence-electron chi connectivity index (χ1n) is 9.09. The molecule has 2 aromatic rings. The molecule has 0 radical (unpaired) electrons. The summed E-state index contributed by atoms with van der Waals surface area (Å²) in [6.45, 7) is 1.06. The predicted molar refractivity (Wildman–Crippen MR) is 101 cm³/mol. The molecule has 0 spiro atoms. The second kappa shape index (κ2) is 8.30. The first kappa shape index (κ1) is 20.3. The smallest absolute Gasteiger partial charge is 0.326 e. The number of nitrogens with zero attached hydrogens (tertiary/aromatic N) is 1. The zero-order chi connectivity index (χ0) is 21.0. The van der Waals surface area contributed by atoms with Gasteiger partial charge in [-0.3, -0.25) is 14.5 Å². The average molecular weight is 400 g/mol. The first-order chi connectivity index (χ1) is 13.9. The van der Waals surface area contributed by atoms with Gasteiger partial charge in [0, 0.05) is 0 Å². The molecule has 1 heterocycles. The Balaban J connectivity index is 1.67. The number of carbonyl (C=O) groups is 3. The lowest BCUT2D eigenvalue weighted by Crippen LogP contribution is -2.43.